The first-order valence-corrected chi connectivity index (χ1v) is 6.91. The first kappa shape index (κ1) is 11.9. The number of fused-ring (bicyclic) bond motifs is 2. The number of para-hydroxylation sites is 2. The Morgan fingerprint density at radius 2 is 1.33 bits per heavy atom. The molecule has 0 amide bonds. The van der Waals surface area contributed by atoms with Gasteiger partial charge in [-0.15, -0.1) is 0 Å². The van der Waals surface area contributed by atoms with Crippen LogP contribution in [0.25, 0.3) is 21.8 Å². The van der Waals surface area contributed by atoms with Crippen LogP contribution in [0.3, 0.4) is 0 Å². The molecule has 0 spiro atoms. The molecular formula is C19H13NO. The summed E-state index contributed by atoms with van der Waals surface area (Å²) in [6.07, 6.45) is 0. The summed E-state index contributed by atoms with van der Waals surface area (Å²) in [5.74, 6) is 1.66. The molecule has 21 heavy (non-hydrogen) atoms. The first-order chi connectivity index (χ1) is 10.4. The van der Waals surface area contributed by atoms with Gasteiger partial charge < -0.3 is 4.74 Å². The van der Waals surface area contributed by atoms with Crippen LogP contribution >= 0.6 is 0 Å². The molecule has 0 aliphatic heterocycles. The van der Waals surface area contributed by atoms with Crippen molar-refractivity contribution in [2.45, 2.75) is 0 Å². The number of pyridine rings is 1. The zero-order chi connectivity index (χ0) is 14.1. The molecule has 0 aliphatic carbocycles. The molecule has 0 aliphatic rings. The van der Waals surface area contributed by atoms with E-state index in [1.807, 2.05) is 66.7 Å². The van der Waals surface area contributed by atoms with Crippen LogP contribution in [-0.2, 0) is 0 Å². The lowest BCUT2D eigenvalue weighted by molar-refractivity contribution is 0.483. The van der Waals surface area contributed by atoms with Crippen LogP contribution in [0.4, 0.5) is 0 Å². The summed E-state index contributed by atoms with van der Waals surface area (Å²) in [5, 5.41) is 2.23. The highest BCUT2D eigenvalue weighted by molar-refractivity contribution is 5.93. The Labute approximate surface area is 122 Å². The maximum atomic E-state index is 5.87. The van der Waals surface area contributed by atoms with E-state index < -0.39 is 0 Å². The van der Waals surface area contributed by atoms with Gasteiger partial charge in [0, 0.05) is 10.8 Å². The molecule has 2 heteroatoms. The van der Waals surface area contributed by atoms with Crippen molar-refractivity contribution < 1.29 is 4.74 Å². The minimum absolute atomic E-state index is 0.825. The summed E-state index contributed by atoms with van der Waals surface area (Å²) < 4.78 is 5.87. The molecule has 0 radical (unpaired) electrons. The molecule has 0 unspecified atom stereocenters. The van der Waals surface area contributed by atoms with E-state index in [0.29, 0.717) is 0 Å². The van der Waals surface area contributed by atoms with E-state index in [1.54, 1.807) is 0 Å². The Morgan fingerprint density at radius 1 is 0.571 bits per heavy atom. The maximum absolute atomic E-state index is 5.87. The summed E-state index contributed by atoms with van der Waals surface area (Å²) in [6, 6.07) is 26.1. The molecule has 1 heterocycles. The molecule has 1 aromatic heterocycles. The van der Waals surface area contributed by atoms with Crippen LogP contribution < -0.4 is 4.74 Å². The molecule has 2 nitrogen and oxygen atoms in total. The van der Waals surface area contributed by atoms with Crippen molar-refractivity contribution in [2.24, 2.45) is 0 Å². The smallest absolute Gasteiger partial charge is 0.128 e. The minimum atomic E-state index is 0.825. The molecule has 3 aromatic carbocycles. The Morgan fingerprint density at radius 3 is 2.24 bits per heavy atom. The van der Waals surface area contributed by atoms with Crippen LogP contribution in [0.15, 0.2) is 78.9 Å². The van der Waals surface area contributed by atoms with E-state index in [4.69, 9.17) is 4.74 Å². The van der Waals surface area contributed by atoms with Gasteiger partial charge in [-0.05, 0) is 42.5 Å². The van der Waals surface area contributed by atoms with E-state index in [0.717, 1.165) is 33.3 Å². The predicted molar refractivity (Wildman–Crippen MR) is 85.8 cm³/mol. The highest BCUT2D eigenvalue weighted by Gasteiger charge is 2.02. The Bertz CT molecular complexity index is 916. The molecule has 4 rings (SSSR count). The van der Waals surface area contributed by atoms with Gasteiger partial charge in [-0.3, -0.25) is 0 Å². The van der Waals surface area contributed by atoms with Crippen molar-refractivity contribution in [1.82, 2.24) is 4.98 Å². The second-order valence-corrected chi connectivity index (χ2v) is 4.95. The van der Waals surface area contributed by atoms with Crippen molar-refractivity contribution in [3.8, 4) is 11.5 Å². The molecular weight excluding hydrogens is 258 g/mol. The number of rotatable bonds is 2. The highest BCUT2D eigenvalue weighted by atomic mass is 16.5. The van der Waals surface area contributed by atoms with Gasteiger partial charge in [0.1, 0.15) is 11.5 Å². The van der Waals surface area contributed by atoms with Crippen molar-refractivity contribution >= 4 is 21.8 Å². The Balaban J connectivity index is 1.80. The van der Waals surface area contributed by atoms with Crippen molar-refractivity contribution in [1.29, 1.82) is 0 Å². The van der Waals surface area contributed by atoms with E-state index in [2.05, 4.69) is 17.1 Å². The maximum Gasteiger partial charge on any atom is 0.128 e. The monoisotopic (exact) mass is 271 g/mol. The fourth-order valence-electron chi connectivity index (χ4n) is 2.45. The van der Waals surface area contributed by atoms with Gasteiger partial charge in [-0.25, -0.2) is 4.98 Å². The molecule has 0 atom stereocenters. The fraction of sp³-hybridized carbons (Fsp3) is 0. The standard InChI is InChI=1S/C19H13NO/c1-2-7-16(8-3-1)21-17-10-11-19-15(13-17)12-14-6-4-5-9-18(14)20-19/h1-13H. The van der Waals surface area contributed by atoms with Gasteiger partial charge in [0.25, 0.3) is 0 Å². The second kappa shape index (κ2) is 4.91. The Hall–Kier alpha value is -2.87. The second-order valence-electron chi connectivity index (χ2n) is 4.95. The topological polar surface area (TPSA) is 22.1 Å². The number of aromatic nitrogens is 1. The average molecular weight is 271 g/mol. The third-order valence-electron chi connectivity index (χ3n) is 3.47. The van der Waals surface area contributed by atoms with Crippen molar-refractivity contribution in [3.63, 3.8) is 0 Å². The van der Waals surface area contributed by atoms with Crippen molar-refractivity contribution in [2.75, 3.05) is 0 Å². The highest BCUT2D eigenvalue weighted by Crippen LogP contribution is 2.26. The van der Waals surface area contributed by atoms with Gasteiger partial charge in [-0.2, -0.15) is 0 Å². The summed E-state index contributed by atoms with van der Waals surface area (Å²) in [4.78, 5) is 4.67. The van der Waals surface area contributed by atoms with Gasteiger partial charge in [-0.1, -0.05) is 36.4 Å². The van der Waals surface area contributed by atoms with Gasteiger partial charge in [0.15, 0.2) is 0 Å². The number of hydrogen-bond acceptors (Lipinski definition) is 2. The zero-order valence-corrected chi connectivity index (χ0v) is 11.4. The quantitative estimate of drug-likeness (QED) is 0.469. The van der Waals surface area contributed by atoms with Crippen LogP contribution in [0, 0.1) is 0 Å². The van der Waals surface area contributed by atoms with Gasteiger partial charge >= 0.3 is 0 Å². The molecule has 0 saturated carbocycles. The van der Waals surface area contributed by atoms with Gasteiger partial charge in [0.05, 0.1) is 11.0 Å². The summed E-state index contributed by atoms with van der Waals surface area (Å²) in [6.45, 7) is 0. The van der Waals surface area contributed by atoms with E-state index in [1.165, 1.54) is 0 Å². The molecule has 0 N–H and O–H groups in total. The lowest BCUT2D eigenvalue weighted by Gasteiger charge is -2.07. The lowest BCUT2D eigenvalue weighted by Crippen LogP contribution is -1.86. The molecule has 0 saturated heterocycles. The fourth-order valence-corrected chi connectivity index (χ4v) is 2.45. The molecule has 100 valence electrons. The number of ether oxygens (including phenoxy) is 1. The largest absolute Gasteiger partial charge is 0.457 e. The third kappa shape index (κ3) is 2.32. The van der Waals surface area contributed by atoms with Crippen LogP contribution in [-0.4, -0.2) is 4.98 Å². The van der Waals surface area contributed by atoms with Crippen LogP contribution in [0.2, 0.25) is 0 Å². The SMILES string of the molecule is c1ccc(Oc2ccc3nc4ccccc4cc3c2)cc1. The number of nitrogens with zero attached hydrogens (tertiary/aromatic N) is 1. The first-order valence-electron chi connectivity index (χ1n) is 6.91. The van der Waals surface area contributed by atoms with E-state index >= 15 is 0 Å². The van der Waals surface area contributed by atoms with Crippen LogP contribution in [0.5, 0.6) is 11.5 Å². The van der Waals surface area contributed by atoms with Crippen molar-refractivity contribution in [3.05, 3.63) is 78.9 Å². The summed E-state index contributed by atoms with van der Waals surface area (Å²) in [5.41, 5.74) is 2.00. The van der Waals surface area contributed by atoms with Crippen LogP contribution in [0.1, 0.15) is 0 Å². The normalized spacial score (nSPS) is 10.9. The van der Waals surface area contributed by atoms with Gasteiger partial charge in [0.2, 0.25) is 0 Å². The molecule has 4 aromatic rings. The molecule has 0 bridgehead atoms. The number of benzene rings is 3. The lowest BCUT2D eigenvalue weighted by atomic mass is 10.1. The average Bonchev–Trinajstić information content (AvgIpc) is 2.54. The predicted octanol–water partition coefficient (Wildman–Crippen LogP) is 5.18. The Kier molecular flexibility index (Phi) is 2.79. The van der Waals surface area contributed by atoms with E-state index in [9.17, 15) is 0 Å². The minimum Gasteiger partial charge on any atom is -0.457 e. The number of hydrogen-bond donors (Lipinski definition) is 0. The third-order valence-corrected chi connectivity index (χ3v) is 3.47. The summed E-state index contributed by atoms with van der Waals surface area (Å²) in [7, 11) is 0. The zero-order valence-electron chi connectivity index (χ0n) is 11.4. The molecule has 0 fully saturated rings. The van der Waals surface area contributed by atoms with E-state index in [-0.39, 0.29) is 0 Å². The summed E-state index contributed by atoms with van der Waals surface area (Å²) >= 11 is 0.